The molecule has 1 saturated heterocycles. The minimum atomic E-state index is 0.111. The Balaban J connectivity index is 2.37. The lowest BCUT2D eigenvalue weighted by Gasteiger charge is -1.78. The van der Waals surface area contributed by atoms with Gasteiger partial charge >= 0.3 is 0 Å². The van der Waals surface area contributed by atoms with Gasteiger partial charge in [0.25, 0.3) is 0 Å². The first-order chi connectivity index (χ1) is 2.89. The fraction of sp³-hybridized carbons (Fsp3) is 0.333. The highest BCUT2D eigenvalue weighted by Crippen LogP contribution is 2.10. The minimum absolute atomic E-state index is 0.111. The molecule has 6 heavy (non-hydrogen) atoms. The van der Waals surface area contributed by atoms with Gasteiger partial charge < -0.3 is 0 Å². The van der Waals surface area contributed by atoms with Crippen LogP contribution in [0.1, 0.15) is 6.42 Å². The molecule has 0 saturated carbocycles. The van der Waals surface area contributed by atoms with E-state index in [1.165, 1.54) is 11.9 Å². The van der Waals surface area contributed by atoms with Gasteiger partial charge in [0.1, 0.15) is 0 Å². The molecule has 1 N–H and O–H groups in total. The second-order valence-electron chi connectivity index (χ2n) is 1.01. The molecule has 1 aliphatic heterocycles. The summed E-state index contributed by atoms with van der Waals surface area (Å²) in [4.78, 5) is 10.1. The lowest BCUT2D eigenvalue weighted by atomic mass is 10.5. The normalized spacial score (nSPS) is 21.0. The number of nitrogens with one attached hydrogen (secondary N) is 1. The lowest BCUT2D eigenvalue weighted by Crippen LogP contribution is -2.04. The molecule has 2 nitrogen and oxygen atoms in total. The van der Waals surface area contributed by atoms with Crippen molar-refractivity contribution >= 4 is 17.9 Å². The summed E-state index contributed by atoms with van der Waals surface area (Å²) in [5.74, 6) is 1.95. The Morgan fingerprint density at radius 2 is 2.83 bits per heavy atom. The quantitative estimate of drug-likeness (QED) is 0.446. The summed E-state index contributed by atoms with van der Waals surface area (Å²) in [6.45, 7) is 0. The monoisotopic (exact) mass is 102 g/mol. The van der Waals surface area contributed by atoms with Gasteiger partial charge in [-0.25, -0.2) is 0 Å². The topological polar surface area (TPSA) is 29.1 Å². The van der Waals surface area contributed by atoms with Gasteiger partial charge in [0.2, 0.25) is 5.91 Å². The third-order valence-corrected chi connectivity index (χ3v) is 1.20. The maximum Gasteiger partial charge on any atom is 0.231 e. The third-order valence-electron chi connectivity index (χ3n) is 0.525. The van der Waals surface area contributed by atoms with Crippen LogP contribution in [0.25, 0.3) is 0 Å². The van der Waals surface area contributed by atoms with Crippen molar-refractivity contribution in [2.75, 3.05) is 0 Å². The van der Waals surface area contributed by atoms with E-state index in [2.05, 4.69) is 4.72 Å². The van der Waals surface area contributed by atoms with E-state index in [-0.39, 0.29) is 5.91 Å². The highest BCUT2D eigenvalue weighted by molar-refractivity contribution is 8.00. The van der Waals surface area contributed by atoms with E-state index < -0.39 is 0 Å². The molecule has 0 aromatic carbocycles. The van der Waals surface area contributed by atoms with Gasteiger partial charge in [-0.2, -0.15) is 0 Å². The predicted molar refractivity (Wildman–Crippen MR) is 24.7 cm³/mol. The number of carbonyl (C=O) groups excluding carboxylic acids is 1. The smallest absolute Gasteiger partial charge is 0.231 e. The second-order valence-corrected chi connectivity index (χ2v) is 1.79. The molecule has 0 atom stereocenters. The molecule has 1 rings (SSSR count). The average Bonchev–Trinajstić information content (AvgIpc) is 1.86. The Morgan fingerprint density at radius 3 is 3.00 bits per heavy atom. The van der Waals surface area contributed by atoms with E-state index in [1.807, 2.05) is 5.75 Å². The number of carbonyl (C=O) groups is 1. The highest BCUT2D eigenvalue weighted by atomic mass is 32.2. The van der Waals surface area contributed by atoms with Gasteiger partial charge in [0.15, 0.2) is 0 Å². The van der Waals surface area contributed by atoms with Crippen LogP contribution >= 0.6 is 11.9 Å². The molecule has 0 aliphatic carbocycles. The van der Waals surface area contributed by atoms with Crippen LogP contribution in [0, 0.1) is 5.75 Å². The molecule has 0 aromatic heterocycles. The van der Waals surface area contributed by atoms with Gasteiger partial charge in [-0.15, -0.1) is 0 Å². The van der Waals surface area contributed by atoms with Crippen molar-refractivity contribution < 1.29 is 4.79 Å². The van der Waals surface area contributed by atoms with E-state index in [0.29, 0.717) is 6.42 Å². The average molecular weight is 102 g/mol. The van der Waals surface area contributed by atoms with E-state index >= 15 is 0 Å². The van der Waals surface area contributed by atoms with Crippen molar-refractivity contribution in [2.45, 2.75) is 6.42 Å². The molecule has 33 valence electrons. The van der Waals surface area contributed by atoms with Crippen molar-refractivity contribution in [1.82, 2.24) is 4.72 Å². The first kappa shape index (κ1) is 3.99. The van der Waals surface area contributed by atoms with Crippen LogP contribution in [0.4, 0.5) is 0 Å². The zero-order chi connectivity index (χ0) is 4.41. The Hall–Kier alpha value is -0.180. The van der Waals surface area contributed by atoms with Gasteiger partial charge in [0.05, 0.1) is 0 Å². The van der Waals surface area contributed by atoms with E-state index in [1.54, 1.807) is 0 Å². The van der Waals surface area contributed by atoms with Crippen molar-refractivity contribution in [2.24, 2.45) is 0 Å². The molecule has 3 heteroatoms. The fourth-order valence-electron chi connectivity index (χ4n) is 0.266. The first-order valence-electron chi connectivity index (χ1n) is 1.66. The standard InChI is InChI=1S/C3H4NOS/c5-3-1-2-6-4-3/h2H,1H2,(H,4,5). The van der Waals surface area contributed by atoms with Gasteiger partial charge in [-0.1, -0.05) is 0 Å². The molecule has 1 radical (unpaired) electrons. The van der Waals surface area contributed by atoms with Crippen molar-refractivity contribution in [3.8, 4) is 0 Å². The van der Waals surface area contributed by atoms with Crippen molar-refractivity contribution in [3.05, 3.63) is 5.75 Å². The fourth-order valence-corrected chi connectivity index (χ4v) is 0.799. The summed E-state index contributed by atoms with van der Waals surface area (Å²) in [7, 11) is 0. The largest absolute Gasteiger partial charge is 0.300 e. The lowest BCUT2D eigenvalue weighted by molar-refractivity contribution is -0.118. The maximum atomic E-state index is 10.1. The van der Waals surface area contributed by atoms with E-state index in [9.17, 15) is 4.79 Å². The Bertz CT molecular complexity index is 65.2. The van der Waals surface area contributed by atoms with Crippen LogP contribution in [0.3, 0.4) is 0 Å². The van der Waals surface area contributed by atoms with E-state index in [0.717, 1.165) is 0 Å². The molecular formula is C3H4NOS. The van der Waals surface area contributed by atoms with Crippen LogP contribution in [-0.2, 0) is 4.79 Å². The predicted octanol–water partition coefficient (Wildman–Crippen LogP) is 0.316. The zero-order valence-electron chi connectivity index (χ0n) is 3.10. The molecule has 1 aliphatic rings. The maximum absolute atomic E-state index is 10.1. The zero-order valence-corrected chi connectivity index (χ0v) is 3.92. The molecule has 0 unspecified atom stereocenters. The highest BCUT2D eigenvalue weighted by Gasteiger charge is 2.07. The molecule has 0 bridgehead atoms. The first-order valence-corrected chi connectivity index (χ1v) is 2.54. The Labute approximate surface area is 40.4 Å². The molecule has 1 fully saturated rings. The Morgan fingerprint density at radius 1 is 2.00 bits per heavy atom. The van der Waals surface area contributed by atoms with E-state index in [4.69, 9.17) is 0 Å². The van der Waals surface area contributed by atoms with Gasteiger partial charge in [-0.05, 0) is 11.9 Å². The summed E-state index contributed by atoms with van der Waals surface area (Å²) in [5.41, 5.74) is 0. The third kappa shape index (κ3) is 0.653. The molecule has 0 spiro atoms. The second kappa shape index (κ2) is 1.51. The van der Waals surface area contributed by atoms with Gasteiger partial charge in [-0.3, -0.25) is 9.52 Å². The summed E-state index contributed by atoms with van der Waals surface area (Å²) < 4.78 is 2.54. The van der Waals surface area contributed by atoms with Crippen LogP contribution in [0.15, 0.2) is 0 Å². The summed E-state index contributed by atoms with van der Waals surface area (Å²) >= 11 is 1.36. The molecular weight excluding hydrogens is 98.1 g/mol. The number of hydrogen-bond donors (Lipinski definition) is 1. The van der Waals surface area contributed by atoms with Crippen LogP contribution in [0.2, 0.25) is 0 Å². The molecule has 1 amide bonds. The molecule has 0 aromatic rings. The minimum Gasteiger partial charge on any atom is -0.300 e. The van der Waals surface area contributed by atoms with Crippen molar-refractivity contribution in [3.63, 3.8) is 0 Å². The summed E-state index contributed by atoms with van der Waals surface area (Å²) in [6, 6.07) is 0. The molecule has 1 heterocycles. The Kier molecular flexibility index (Phi) is 1.01. The van der Waals surface area contributed by atoms with Gasteiger partial charge in [0, 0.05) is 12.2 Å². The summed E-state index contributed by atoms with van der Waals surface area (Å²) in [5, 5.41) is 0. The summed E-state index contributed by atoms with van der Waals surface area (Å²) in [6.07, 6.45) is 0.574. The van der Waals surface area contributed by atoms with Crippen LogP contribution in [-0.4, -0.2) is 5.91 Å². The number of rotatable bonds is 0. The van der Waals surface area contributed by atoms with Crippen molar-refractivity contribution in [1.29, 1.82) is 0 Å². The van der Waals surface area contributed by atoms with Crippen LogP contribution < -0.4 is 4.72 Å². The number of hydrogen-bond acceptors (Lipinski definition) is 2. The SMILES string of the molecule is O=C1C[CH]SN1. The van der Waals surface area contributed by atoms with Crippen LogP contribution in [0.5, 0.6) is 0 Å². The number of amides is 1.